The van der Waals surface area contributed by atoms with Gasteiger partial charge in [0.05, 0.1) is 17.1 Å². The highest BCUT2D eigenvalue weighted by atomic mass is 79.9. The van der Waals surface area contributed by atoms with Crippen LogP contribution < -0.4 is 4.74 Å². The zero-order chi connectivity index (χ0) is 14.9. The molecular formula is C16H14BrFO2. The summed E-state index contributed by atoms with van der Waals surface area (Å²) in [6, 6.07) is 8.27. The molecule has 2 aromatic carbocycles. The van der Waals surface area contributed by atoms with E-state index in [1.54, 1.807) is 6.07 Å². The lowest BCUT2D eigenvalue weighted by molar-refractivity contribution is 0.103. The van der Waals surface area contributed by atoms with Gasteiger partial charge in [0, 0.05) is 11.6 Å². The molecule has 0 saturated heterocycles. The summed E-state index contributed by atoms with van der Waals surface area (Å²) in [7, 11) is 1.42. The van der Waals surface area contributed by atoms with Gasteiger partial charge in [-0.25, -0.2) is 4.39 Å². The van der Waals surface area contributed by atoms with Crippen molar-refractivity contribution in [2.75, 3.05) is 7.11 Å². The smallest absolute Gasteiger partial charge is 0.197 e. The van der Waals surface area contributed by atoms with Crippen LogP contribution in [0.5, 0.6) is 5.75 Å². The zero-order valence-electron chi connectivity index (χ0n) is 11.5. The number of hydrogen-bond donors (Lipinski definition) is 0. The minimum atomic E-state index is -0.459. The molecule has 0 spiro atoms. The van der Waals surface area contributed by atoms with E-state index in [9.17, 15) is 9.18 Å². The molecule has 0 saturated carbocycles. The number of carbonyl (C=O) groups excluding carboxylic acids is 1. The van der Waals surface area contributed by atoms with Crippen molar-refractivity contribution in [3.8, 4) is 5.75 Å². The van der Waals surface area contributed by atoms with E-state index in [0.717, 1.165) is 11.1 Å². The molecule has 0 aromatic heterocycles. The number of ketones is 1. The maximum Gasteiger partial charge on any atom is 0.197 e. The Morgan fingerprint density at radius 3 is 2.45 bits per heavy atom. The van der Waals surface area contributed by atoms with Gasteiger partial charge in [0.1, 0.15) is 11.6 Å². The van der Waals surface area contributed by atoms with Gasteiger partial charge < -0.3 is 4.74 Å². The number of benzene rings is 2. The lowest BCUT2D eigenvalue weighted by Crippen LogP contribution is -2.07. The quantitative estimate of drug-likeness (QED) is 0.774. The van der Waals surface area contributed by atoms with Crippen LogP contribution in [0.3, 0.4) is 0 Å². The average Bonchev–Trinajstić information content (AvgIpc) is 2.40. The SMILES string of the molecule is COc1cc(F)c(Br)cc1C(=O)c1ccc(C)cc1C. The number of halogens is 2. The maximum atomic E-state index is 13.5. The molecule has 0 aliphatic rings. The van der Waals surface area contributed by atoms with Crippen molar-refractivity contribution in [1.29, 1.82) is 0 Å². The van der Waals surface area contributed by atoms with Crippen LogP contribution in [0.4, 0.5) is 4.39 Å². The van der Waals surface area contributed by atoms with E-state index in [-0.39, 0.29) is 16.0 Å². The third kappa shape index (κ3) is 2.75. The fourth-order valence-electron chi connectivity index (χ4n) is 2.09. The minimum Gasteiger partial charge on any atom is -0.496 e. The molecule has 0 aliphatic heterocycles. The number of aryl methyl sites for hydroxylation is 2. The molecule has 104 valence electrons. The molecule has 0 amide bonds. The summed E-state index contributed by atoms with van der Waals surface area (Å²) in [6.45, 7) is 3.85. The number of ether oxygens (including phenoxy) is 1. The number of hydrogen-bond acceptors (Lipinski definition) is 2. The second kappa shape index (κ2) is 5.75. The summed E-state index contributed by atoms with van der Waals surface area (Å²) in [5.41, 5.74) is 2.91. The van der Waals surface area contributed by atoms with Crippen molar-refractivity contribution in [3.63, 3.8) is 0 Å². The third-order valence-electron chi connectivity index (χ3n) is 3.11. The van der Waals surface area contributed by atoms with Gasteiger partial charge in [-0.1, -0.05) is 23.8 Å². The molecule has 0 atom stereocenters. The zero-order valence-corrected chi connectivity index (χ0v) is 13.0. The lowest BCUT2D eigenvalue weighted by atomic mass is 9.97. The highest BCUT2D eigenvalue weighted by Gasteiger charge is 2.18. The van der Waals surface area contributed by atoms with Gasteiger partial charge in [0.25, 0.3) is 0 Å². The van der Waals surface area contributed by atoms with Gasteiger partial charge in [0.2, 0.25) is 0 Å². The highest BCUT2D eigenvalue weighted by Crippen LogP contribution is 2.29. The molecule has 0 fully saturated rings. The Bertz CT molecular complexity index is 680. The summed E-state index contributed by atoms with van der Waals surface area (Å²) < 4.78 is 18.9. The normalized spacial score (nSPS) is 10.4. The average molecular weight is 337 g/mol. The van der Waals surface area contributed by atoms with Crippen LogP contribution in [-0.2, 0) is 0 Å². The van der Waals surface area contributed by atoms with Crippen LogP contribution >= 0.6 is 15.9 Å². The molecule has 0 bridgehead atoms. The Balaban J connectivity index is 2.55. The molecular weight excluding hydrogens is 323 g/mol. The molecule has 2 nitrogen and oxygen atoms in total. The Kier molecular flexibility index (Phi) is 4.23. The molecule has 0 radical (unpaired) electrons. The van der Waals surface area contributed by atoms with Gasteiger partial charge in [-0.2, -0.15) is 0 Å². The van der Waals surface area contributed by atoms with Gasteiger partial charge in [-0.15, -0.1) is 0 Å². The Morgan fingerprint density at radius 2 is 1.85 bits per heavy atom. The first kappa shape index (κ1) is 14.7. The van der Waals surface area contributed by atoms with E-state index in [1.165, 1.54) is 19.2 Å². The Labute approximate surface area is 125 Å². The van der Waals surface area contributed by atoms with E-state index in [0.29, 0.717) is 11.1 Å². The van der Waals surface area contributed by atoms with Crippen LogP contribution in [0, 0.1) is 19.7 Å². The van der Waals surface area contributed by atoms with E-state index in [2.05, 4.69) is 15.9 Å². The van der Waals surface area contributed by atoms with Gasteiger partial charge in [-0.3, -0.25) is 4.79 Å². The summed E-state index contributed by atoms with van der Waals surface area (Å²) in [6.07, 6.45) is 0. The maximum absolute atomic E-state index is 13.5. The summed E-state index contributed by atoms with van der Waals surface area (Å²) in [5, 5.41) is 0. The van der Waals surface area contributed by atoms with Crippen LogP contribution in [0.2, 0.25) is 0 Å². The number of methoxy groups -OCH3 is 1. The van der Waals surface area contributed by atoms with Crippen molar-refractivity contribution in [3.05, 3.63) is 62.9 Å². The van der Waals surface area contributed by atoms with E-state index < -0.39 is 5.82 Å². The fraction of sp³-hybridized carbons (Fsp3) is 0.188. The molecule has 2 rings (SSSR count). The monoisotopic (exact) mass is 336 g/mol. The molecule has 20 heavy (non-hydrogen) atoms. The van der Waals surface area contributed by atoms with Crippen LogP contribution in [0.1, 0.15) is 27.0 Å². The Morgan fingerprint density at radius 1 is 1.15 bits per heavy atom. The van der Waals surface area contributed by atoms with Crippen molar-refractivity contribution >= 4 is 21.7 Å². The summed E-state index contributed by atoms with van der Waals surface area (Å²) >= 11 is 3.10. The van der Waals surface area contributed by atoms with E-state index in [1.807, 2.05) is 26.0 Å². The number of rotatable bonds is 3. The molecule has 0 N–H and O–H groups in total. The second-order valence-corrected chi connectivity index (χ2v) is 5.47. The molecule has 4 heteroatoms. The largest absolute Gasteiger partial charge is 0.496 e. The fourth-order valence-corrected chi connectivity index (χ4v) is 2.43. The summed E-state index contributed by atoms with van der Waals surface area (Å²) in [4.78, 5) is 12.6. The van der Waals surface area contributed by atoms with Gasteiger partial charge in [-0.05, 0) is 41.4 Å². The van der Waals surface area contributed by atoms with Gasteiger partial charge in [0.15, 0.2) is 5.78 Å². The molecule has 0 aliphatic carbocycles. The van der Waals surface area contributed by atoms with Crippen LogP contribution in [0.25, 0.3) is 0 Å². The second-order valence-electron chi connectivity index (χ2n) is 4.61. The molecule has 0 heterocycles. The van der Waals surface area contributed by atoms with E-state index >= 15 is 0 Å². The first-order chi connectivity index (χ1) is 9.43. The third-order valence-corrected chi connectivity index (χ3v) is 3.72. The first-order valence-corrected chi connectivity index (χ1v) is 6.88. The van der Waals surface area contributed by atoms with Crippen LogP contribution in [0.15, 0.2) is 34.8 Å². The van der Waals surface area contributed by atoms with E-state index in [4.69, 9.17) is 4.74 Å². The standard InChI is InChI=1S/C16H14BrFO2/c1-9-4-5-11(10(2)6-9)16(19)12-7-13(17)14(18)8-15(12)20-3/h4-8H,1-3H3. The molecule has 2 aromatic rings. The van der Waals surface area contributed by atoms with Crippen molar-refractivity contribution in [2.24, 2.45) is 0 Å². The van der Waals surface area contributed by atoms with Gasteiger partial charge >= 0.3 is 0 Å². The van der Waals surface area contributed by atoms with Crippen molar-refractivity contribution < 1.29 is 13.9 Å². The Hall–Kier alpha value is -1.68. The lowest BCUT2D eigenvalue weighted by Gasteiger charge is -2.11. The molecule has 0 unspecified atom stereocenters. The first-order valence-electron chi connectivity index (χ1n) is 6.09. The highest BCUT2D eigenvalue weighted by molar-refractivity contribution is 9.10. The predicted octanol–water partition coefficient (Wildman–Crippen LogP) is 4.44. The minimum absolute atomic E-state index is 0.181. The van der Waals surface area contributed by atoms with Crippen molar-refractivity contribution in [1.82, 2.24) is 0 Å². The van der Waals surface area contributed by atoms with Crippen LogP contribution in [-0.4, -0.2) is 12.9 Å². The predicted molar refractivity (Wildman–Crippen MR) is 80.0 cm³/mol. The summed E-state index contributed by atoms with van der Waals surface area (Å²) in [5.74, 6) is -0.408. The number of carbonyl (C=O) groups is 1. The van der Waals surface area contributed by atoms with Crippen molar-refractivity contribution in [2.45, 2.75) is 13.8 Å². The topological polar surface area (TPSA) is 26.3 Å².